The van der Waals surface area contributed by atoms with Crippen molar-refractivity contribution >= 4 is 11.8 Å². The fraction of sp³-hybridized carbons (Fsp3) is 0.273. The van der Waals surface area contributed by atoms with Crippen molar-refractivity contribution < 1.29 is 4.39 Å². The Morgan fingerprint density at radius 3 is 2.94 bits per heavy atom. The topological polar surface area (TPSA) is 56.7 Å². The summed E-state index contributed by atoms with van der Waals surface area (Å²) in [6.45, 7) is 0.418. The molecule has 0 amide bonds. The Hall–Kier alpha value is -1.40. The number of hydrogen-bond donors (Lipinski definition) is 1. The van der Waals surface area contributed by atoms with Gasteiger partial charge < -0.3 is 10.3 Å². The molecule has 2 N–H and O–H groups in total. The van der Waals surface area contributed by atoms with Crippen LogP contribution in [0.15, 0.2) is 35.7 Å². The minimum absolute atomic E-state index is 0.0198. The number of aryl methyl sites for hydroxylation is 1. The average molecular weight is 252 g/mol. The fourth-order valence-corrected chi connectivity index (χ4v) is 2.41. The van der Waals surface area contributed by atoms with E-state index in [2.05, 4.69) is 10.2 Å². The summed E-state index contributed by atoms with van der Waals surface area (Å²) in [4.78, 5) is 0. The normalized spacial score (nSPS) is 12.6. The summed E-state index contributed by atoms with van der Waals surface area (Å²) in [6.07, 6.45) is 1.63. The van der Waals surface area contributed by atoms with E-state index in [0.717, 1.165) is 10.7 Å². The Kier molecular flexibility index (Phi) is 3.75. The van der Waals surface area contributed by atoms with Gasteiger partial charge in [0.1, 0.15) is 12.1 Å². The minimum atomic E-state index is -0.250. The summed E-state index contributed by atoms with van der Waals surface area (Å²) >= 11 is 1.48. The monoisotopic (exact) mass is 252 g/mol. The van der Waals surface area contributed by atoms with Gasteiger partial charge in [-0.1, -0.05) is 23.9 Å². The number of thioether (sulfide) groups is 1. The summed E-state index contributed by atoms with van der Waals surface area (Å²) in [5.41, 5.74) is 6.58. The molecule has 0 saturated heterocycles. The van der Waals surface area contributed by atoms with Gasteiger partial charge in [-0.3, -0.25) is 0 Å². The number of rotatable bonds is 4. The molecule has 0 radical (unpaired) electrons. The number of aromatic nitrogens is 3. The number of nitrogens with zero attached hydrogens (tertiary/aromatic N) is 3. The Bertz CT molecular complexity index is 500. The predicted molar refractivity (Wildman–Crippen MR) is 65.1 cm³/mol. The zero-order chi connectivity index (χ0) is 12.3. The van der Waals surface area contributed by atoms with Crippen molar-refractivity contribution in [3.05, 3.63) is 42.0 Å². The van der Waals surface area contributed by atoms with E-state index in [9.17, 15) is 4.39 Å². The van der Waals surface area contributed by atoms with Gasteiger partial charge in [-0.2, -0.15) is 0 Å². The lowest BCUT2D eigenvalue weighted by Gasteiger charge is -2.13. The molecular weight excluding hydrogens is 239 g/mol. The molecule has 0 saturated carbocycles. The Morgan fingerprint density at radius 2 is 2.35 bits per heavy atom. The zero-order valence-corrected chi connectivity index (χ0v) is 10.2. The molecule has 0 aliphatic carbocycles. The lowest BCUT2D eigenvalue weighted by molar-refractivity contribution is 0.625. The van der Waals surface area contributed by atoms with Crippen LogP contribution in [0.3, 0.4) is 0 Å². The second-order valence-electron chi connectivity index (χ2n) is 3.62. The predicted octanol–water partition coefficient (Wildman–Crippen LogP) is 1.75. The molecule has 90 valence electrons. The van der Waals surface area contributed by atoms with E-state index >= 15 is 0 Å². The van der Waals surface area contributed by atoms with E-state index in [-0.39, 0.29) is 11.1 Å². The highest BCUT2D eigenvalue weighted by atomic mass is 32.2. The third kappa shape index (κ3) is 2.83. The van der Waals surface area contributed by atoms with Gasteiger partial charge in [0.15, 0.2) is 5.16 Å². The first-order chi connectivity index (χ1) is 8.20. The molecule has 1 aromatic carbocycles. The zero-order valence-electron chi connectivity index (χ0n) is 9.38. The largest absolute Gasteiger partial charge is 0.329 e. The van der Waals surface area contributed by atoms with Crippen molar-refractivity contribution in [3.8, 4) is 0 Å². The molecule has 0 bridgehead atoms. The van der Waals surface area contributed by atoms with E-state index < -0.39 is 0 Å². The van der Waals surface area contributed by atoms with Crippen molar-refractivity contribution in [2.45, 2.75) is 10.4 Å². The second-order valence-corrected chi connectivity index (χ2v) is 4.79. The van der Waals surface area contributed by atoms with Gasteiger partial charge in [0.25, 0.3) is 0 Å². The van der Waals surface area contributed by atoms with Crippen LogP contribution in [0.1, 0.15) is 10.8 Å². The third-order valence-corrected chi connectivity index (χ3v) is 3.68. The van der Waals surface area contributed by atoms with E-state index in [1.165, 1.54) is 23.9 Å². The SMILES string of the molecule is Cn1cnnc1SC(CN)c1cccc(F)c1. The molecule has 1 aromatic heterocycles. The van der Waals surface area contributed by atoms with Crippen LogP contribution in [-0.4, -0.2) is 21.3 Å². The lowest BCUT2D eigenvalue weighted by Crippen LogP contribution is -2.10. The summed E-state index contributed by atoms with van der Waals surface area (Å²) < 4.78 is 15.0. The highest BCUT2D eigenvalue weighted by Crippen LogP contribution is 2.32. The van der Waals surface area contributed by atoms with Crippen LogP contribution in [-0.2, 0) is 7.05 Å². The van der Waals surface area contributed by atoms with E-state index in [0.29, 0.717) is 6.54 Å². The molecule has 0 fully saturated rings. The molecule has 6 heteroatoms. The molecule has 1 atom stereocenters. The van der Waals surface area contributed by atoms with Crippen LogP contribution in [0.5, 0.6) is 0 Å². The quantitative estimate of drug-likeness (QED) is 0.842. The Labute approximate surface area is 103 Å². The van der Waals surface area contributed by atoms with Crippen molar-refractivity contribution in [2.75, 3.05) is 6.54 Å². The van der Waals surface area contributed by atoms with Gasteiger partial charge in [0, 0.05) is 18.8 Å². The Morgan fingerprint density at radius 1 is 1.53 bits per heavy atom. The van der Waals surface area contributed by atoms with Gasteiger partial charge in [-0.05, 0) is 17.7 Å². The molecule has 2 aromatic rings. The van der Waals surface area contributed by atoms with Crippen LogP contribution in [0.25, 0.3) is 0 Å². The standard InChI is InChI=1S/C11H13FN4S/c1-16-7-14-15-11(16)17-10(6-13)8-3-2-4-9(12)5-8/h2-5,7,10H,6,13H2,1H3. The van der Waals surface area contributed by atoms with Crippen molar-refractivity contribution in [2.24, 2.45) is 12.8 Å². The van der Waals surface area contributed by atoms with Gasteiger partial charge in [0.2, 0.25) is 0 Å². The number of nitrogens with two attached hydrogens (primary N) is 1. The number of hydrogen-bond acceptors (Lipinski definition) is 4. The first kappa shape index (κ1) is 12.1. The summed E-state index contributed by atoms with van der Waals surface area (Å²) in [7, 11) is 1.86. The smallest absolute Gasteiger partial charge is 0.191 e. The number of benzene rings is 1. The fourth-order valence-electron chi connectivity index (χ4n) is 1.47. The maximum absolute atomic E-state index is 13.1. The lowest BCUT2D eigenvalue weighted by atomic mass is 10.1. The molecule has 1 unspecified atom stereocenters. The minimum Gasteiger partial charge on any atom is -0.329 e. The maximum atomic E-state index is 13.1. The summed E-state index contributed by atoms with van der Waals surface area (Å²) in [5.74, 6) is -0.250. The van der Waals surface area contributed by atoms with Crippen molar-refractivity contribution in [1.29, 1.82) is 0 Å². The van der Waals surface area contributed by atoms with E-state index in [1.54, 1.807) is 12.4 Å². The molecule has 17 heavy (non-hydrogen) atoms. The van der Waals surface area contributed by atoms with Gasteiger partial charge in [-0.25, -0.2) is 4.39 Å². The van der Waals surface area contributed by atoms with Gasteiger partial charge in [-0.15, -0.1) is 10.2 Å². The third-order valence-electron chi connectivity index (χ3n) is 2.35. The van der Waals surface area contributed by atoms with Crippen LogP contribution in [0, 0.1) is 5.82 Å². The molecule has 4 nitrogen and oxygen atoms in total. The van der Waals surface area contributed by atoms with Crippen molar-refractivity contribution in [1.82, 2.24) is 14.8 Å². The molecule has 2 rings (SSSR count). The summed E-state index contributed by atoms with van der Waals surface area (Å²) in [5, 5.41) is 8.52. The molecular formula is C11H13FN4S. The summed E-state index contributed by atoms with van der Waals surface area (Å²) in [6, 6.07) is 6.47. The highest BCUT2D eigenvalue weighted by molar-refractivity contribution is 7.99. The van der Waals surface area contributed by atoms with Crippen LogP contribution >= 0.6 is 11.8 Å². The van der Waals surface area contributed by atoms with Crippen LogP contribution in [0.2, 0.25) is 0 Å². The van der Waals surface area contributed by atoms with Gasteiger partial charge >= 0.3 is 0 Å². The second kappa shape index (κ2) is 5.29. The molecule has 1 heterocycles. The van der Waals surface area contributed by atoms with Crippen LogP contribution in [0.4, 0.5) is 4.39 Å². The average Bonchev–Trinajstić information content (AvgIpc) is 2.71. The van der Waals surface area contributed by atoms with Crippen molar-refractivity contribution in [3.63, 3.8) is 0 Å². The van der Waals surface area contributed by atoms with E-state index in [4.69, 9.17) is 5.73 Å². The number of halogens is 1. The first-order valence-electron chi connectivity index (χ1n) is 5.17. The molecule has 0 spiro atoms. The first-order valence-corrected chi connectivity index (χ1v) is 6.05. The maximum Gasteiger partial charge on any atom is 0.191 e. The molecule has 0 aliphatic rings. The van der Waals surface area contributed by atoms with Crippen LogP contribution < -0.4 is 5.73 Å². The molecule has 0 aliphatic heterocycles. The highest BCUT2D eigenvalue weighted by Gasteiger charge is 2.14. The van der Waals surface area contributed by atoms with Gasteiger partial charge in [0.05, 0.1) is 0 Å². The Balaban J connectivity index is 2.20. The van der Waals surface area contributed by atoms with E-state index in [1.807, 2.05) is 17.7 Å².